The van der Waals surface area contributed by atoms with E-state index < -0.39 is 11.7 Å². The molecule has 3 rings (SSSR count). The zero-order valence-electron chi connectivity index (χ0n) is 9.40. The molecule has 0 aromatic carbocycles. The molecule has 3 aliphatic carbocycles. The summed E-state index contributed by atoms with van der Waals surface area (Å²) >= 11 is 0. The van der Waals surface area contributed by atoms with Gasteiger partial charge in [0, 0.05) is 6.42 Å². The predicted octanol–water partition coefficient (Wildman–Crippen LogP) is 1.45. The highest BCUT2D eigenvalue weighted by Gasteiger charge is 2.64. The van der Waals surface area contributed by atoms with Gasteiger partial charge < -0.3 is 10.2 Å². The van der Waals surface area contributed by atoms with Crippen molar-refractivity contribution in [1.82, 2.24) is 0 Å². The molecule has 15 heavy (non-hydrogen) atoms. The fraction of sp³-hybridized carbons (Fsp3) is 0.917. The molecule has 0 heterocycles. The van der Waals surface area contributed by atoms with E-state index in [-0.39, 0.29) is 11.3 Å². The monoisotopic (exact) mass is 209 g/mol. The highest BCUT2D eigenvalue weighted by atomic mass is 16.3. The van der Waals surface area contributed by atoms with Crippen molar-refractivity contribution in [3.05, 3.63) is 0 Å². The van der Waals surface area contributed by atoms with Gasteiger partial charge in [-0.05, 0) is 36.5 Å². The number of rotatable bonds is 2. The summed E-state index contributed by atoms with van der Waals surface area (Å²) in [5, 5.41) is 29.0. The Hall–Kier alpha value is -0.590. The molecule has 2 N–H and O–H groups in total. The van der Waals surface area contributed by atoms with Crippen LogP contribution < -0.4 is 0 Å². The van der Waals surface area contributed by atoms with Crippen LogP contribution in [-0.4, -0.2) is 21.9 Å². The SMILES string of the molecule is CC1(C)[C@@H]2C[C@H]1[C@](O)(CCC#N)[C@@H](O)C2. The third kappa shape index (κ3) is 1.32. The number of fused-ring (bicyclic) bond motifs is 2. The van der Waals surface area contributed by atoms with Gasteiger partial charge in [0.1, 0.15) is 0 Å². The van der Waals surface area contributed by atoms with E-state index in [1.807, 2.05) is 0 Å². The summed E-state index contributed by atoms with van der Waals surface area (Å²) in [7, 11) is 0. The van der Waals surface area contributed by atoms with Gasteiger partial charge in [0.25, 0.3) is 0 Å². The highest BCUT2D eigenvalue weighted by Crippen LogP contribution is 2.63. The zero-order valence-corrected chi connectivity index (χ0v) is 9.40. The maximum absolute atomic E-state index is 10.5. The van der Waals surface area contributed by atoms with E-state index in [1.54, 1.807) is 0 Å². The molecule has 3 nitrogen and oxygen atoms in total. The van der Waals surface area contributed by atoms with Crippen LogP contribution in [0.3, 0.4) is 0 Å². The molecule has 84 valence electrons. The van der Waals surface area contributed by atoms with Crippen molar-refractivity contribution in [2.24, 2.45) is 17.3 Å². The first-order chi connectivity index (χ1) is 6.93. The third-order valence-corrected chi connectivity index (χ3v) is 4.80. The van der Waals surface area contributed by atoms with Gasteiger partial charge >= 0.3 is 0 Å². The molecule has 0 unspecified atom stereocenters. The second kappa shape index (κ2) is 3.20. The molecule has 0 aliphatic heterocycles. The lowest BCUT2D eigenvalue weighted by molar-refractivity contribution is -0.255. The summed E-state index contributed by atoms with van der Waals surface area (Å²) < 4.78 is 0. The average molecular weight is 209 g/mol. The van der Waals surface area contributed by atoms with Crippen LogP contribution in [0.5, 0.6) is 0 Å². The van der Waals surface area contributed by atoms with Crippen molar-refractivity contribution in [2.75, 3.05) is 0 Å². The Balaban J connectivity index is 2.18. The molecule has 3 saturated carbocycles. The Morgan fingerprint density at radius 1 is 1.40 bits per heavy atom. The van der Waals surface area contributed by atoms with E-state index >= 15 is 0 Å². The smallest absolute Gasteiger partial charge is 0.0948 e. The Morgan fingerprint density at radius 3 is 2.60 bits per heavy atom. The Kier molecular flexibility index (Phi) is 2.33. The molecule has 0 saturated heterocycles. The van der Waals surface area contributed by atoms with Crippen molar-refractivity contribution >= 4 is 0 Å². The van der Waals surface area contributed by atoms with E-state index in [1.165, 1.54) is 0 Å². The number of nitrogens with zero attached hydrogens (tertiary/aromatic N) is 1. The maximum atomic E-state index is 10.5. The summed E-state index contributed by atoms with van der Waals surface area (Å²) in [5.74, 6) is 0.701. The quantitative estimate of drug-likeness (QED) is 0.723. The predicted molar refractivity (Wildman–Crippen MR) is 55.8 cm³/mol. The molecule has 3 heteroatoms. The molecule has 0 aromatic heterocycles. The van der Waals surface area contributed by atoms with Crippen LogP contribution in [0.25, 0.3) is 0 Å². The fourth-order valence-corrected chi connectivity index (χ4v) is 3.57. The van der Waals surface area contributed by atoms with Crippen molar-refractivity contribution in [1.29, 1.82) is 5.26 Å². The maximum Gasteiger partial charge on any atom is 0.0948 e. The lowest BCUT2D eigenvalue weighted by Crippen LogP contribution is -2.67. The molecule has 4 atom stereocenters. The van der Waals surface area contributed by atoms with Gasteiger partial charge in [-0.2, -0.15) is 5.26 Å². The number of aliphatic hydroxyl groups is 2. The van der Waals surface area contributed by atoms with E-state index in [9.17, 15) is 10.2 Å². The first-order valence-electron chi connectivity index (χ1n) is 5.70. The Labute approximate surface area is 90.7 Å². The van der Waals surface area contributed by atoms with E-state index in [4.69, 9.17) is 5.26 Å². The summed E-state index contributed by atoms with van der Waals surface area (Å²) in [6.45, 7) is 4.32. The molecule has 0 amide bonds. The Bertz CT molecular complexity index is 307. The number of hydrogen-bond acceptors (Lipinski definition) is 3. The van der Waals surface area contributed by atoms with E-state index in [0.717, 1.165) is 6.42 Å². The van der Waals surface area contributed by atoms with Crippen LogP contribution in [0.2, 0.25) is 0 Å². The summed E-state index contributed by atoms with van der Waals surface area (Å²) in [5.41, 5.74) is -0.891. The molecule has 3 fully saturated rings. The van der Waals surface area contributed by atoms with Crippen LogP contribution in [0, 0.1) is 28.6 Å². The van der Waals surface area contributed by atoms with Crippen LogP contribution in [0.1, 0.15) is 39.5 Å². The van der Waals surface area contributed by atoms with Gasteiger partial charge in [0.05, 0.1) is 17.8 Å². The average Bonchev–Trinajstić information content (AvgIpc) is 2.18. The normalized spacial score (nSPS) is 46.7. The van der Waals surface area contributed by atoms with Crippen LogP contribution >= 0.6 is 0 Å². The molecule has 0 aromatic rings. The summed E-state index contributed by atoms with van der Waals surface area (Å²) in [6, 6.07) is 2.05. The minimum atomic E-state index is -1.02. The zero-order chi connectivity index (χ0) is 11.3. The van der Waals surface area contributed by atoms with Gasteiger partial charge in [-0.3, -0.25) is 0 Å². The molecule has 0 spiro atoms. The van der Waals surface area contributed by atoms with Gasteiger partial charge in [0.15, 0.2) is 0 Å². The fourth-order valence-electron chi connectivity index (χ4n) is 3.57. The lowest BCUT2D eigenvalue weighted by Gasteiger charge is -2.65. The topological polar surface area (TPSA) is 64.2 Å². The van der Waals surface area contributed by atoms with E-state index in [0.29, 0.717) is 25.2 Å². The molecule has 3 aliphatic rings. The Morgan fingerprint density at radius 2 is 2.07 bits per heavy atom. The second-order valence-corrected chi connectivity index (χ2v) is 5.71. The lowest BCUT2D eigenvalue weighted by atomic mass is 9.43. The van der Waals surface area contributed by atoms with Crippen LogP contribution in [0.4, 0.5) is 0 Å². The summed E-state index contributed by atoms with van der Waals surface area (Å²) in [4.78, 5) is 0. The second-order valence-electron chi connectivity index (χ2n) is 5.71. The van der Waals surface area contributed by atoms with Gasteiger partial charge in [-0.1, -0.05) is 13.8 Å². The third-order valence-electron chi connectivity index (χ3n) is 4.80. The van der Waals surface area contributed by atoms with E-state index in [2.05, 4.69) is 19.9 Å². The molecular formula is C12H19NO2. The standard InChI is InChI=1S/C12H19NO2/c1-11(2)8-6-9(11)12(15,4-3-5-13)10(14)7-8/h8-10,14-15H,3-4,6-7H2,1-2H3/t8-,9-,10+,12-/m1/s1. The van der Waals surface area contributed by atoms with Gasteiger partial charge in [0.2, 0.25) is 0 Å². The van der Waals surface area contributed by atoms with Crippen LogP contribution in [0.15, 0.2) is 0 Å². The molecule has 0 radical (unpaired) electrons. The number of hydrogen-bond donors (Lipinski definition) is 2. The first-order valence-corrected chi connectivity index (χ1v) is 5.70. The van der Waals surface area contributed by atoms with Crippen LogP contribution in [-0.2, 0) is 0 Å². The molecular weight excluding hydrogens is 190 g/mol. The number of aliphatic hydroxyl groups excluding tert-OH is 1. The van der Waals surface area contributed by atoms with Gasteiger partial charge in [-0.15, -0.1) is 0 Å². The number of nitriles is 1. The minimum absolute atomic E-state index is 0.128. The summed E-state index contributed by atoms with van der Waals surface area (Å²) in [6.07, 6.45) is 1.79. The van der Waals surface area contributed by atoms with Crippen molar-refractivity contribution in [2.45, 2.75) is 51.2 Å². The van der Waals surface area contributed by atoms with Gasteiger partial charge in [-0.25, -0.2) is 0 Å². The largest absolute Gasteiger partial charge is 0.390 e. The van der Waals surface area contributed by atoms with Crippen molar-refractivity contribution in [3.63, 3.8) is 0 Å². The van der Waals surface area contributed by atoms with Crippen molar-refractivity contribution < 1.29 is 10.2 Å². The van der Waals surface area contributed by atoms with Crippen molar-refractivity contribution in [3.8, 4) is 6.07 Å². The minimum Gasteiger partial charge on any atom is -0.390 e. The molecule has 2 bridgehead atoms. The highest BCUT2D eigenvalue weighted by molar-refractivity contribution is 5.14. The first kappa shape index (κ1) is 10.9.